The van der Waals surface area contributed by atoms with Crippen molar-refractivity contribution >= 4 is 29.6 Å². The molecule has 0 spiro atoms. The minimum atomic E-state index is 0.0269. The van der Waals surface area contributed by atoms with Gasteiger partial charge < -0.3 is 0 Å². The quantitative estimate of drug-likeness (QED) is 0.817. The van der Waals surface area contributed by atoms with E-state index in [1.54, 1.807) is 17.4 Å². The van der Waals surface area contributed by atoms with E-state index < -0.39 is 0 Å². The van der Waals surface area contributed by atoms with Crippen LogP contribution in [0.5, 0.6) is 0 Å². The standard InChI is InChI=1S/C18H18N2OS/c1-13-8-10-16(11-9-13)22-20(14(2)21)17-7-3-5-15-6-4-12-19-18(15)17/h4-6,8-12H,3,7H2,1-2H3. The zero-order valence-electron chi connectivity index (χ0n) is 12.7. The van der Waals surface area contributed by atoms with Gasteiger partial charge in [-0.15, -0.1) is 0 Å². The van der Waals surface area contributed by atoms with Gasteiger partial charge in [-0.2, -0.15) is 0 Å². The molecule has 1 heterocycles. The van der Waals surface area contributed by atoms with E-state index in [2.05, 4.69) is 36.2 Å². The van der Waals surface area contributed by atoms with Crippen LogP contribution in [0, 0.1) is 6.92 Å². The number of pyridine rings is 1. The summed E-state index contributed by atoms with van der Waals surface area (Å²) in [7, 11) is 0. The highest BCUT2D eigenvalue weighted by atomic mass is 32.2. The van der Waals surface area contributed by atoms with E-state index in [0.29, 0.717) is 0 Å². The zero-order chi connectivity index (χ0) is 15.5. The summed E-state index contributed by atoms with van der Waals surface area (Å²) < 4.78 is 1.78. The summed E-state index contributed by atoms with van der Waals surface area (Å²) in [4.78, 5) is 17.7. The monoisotopic (exact) mass is 310 g/mol. The van der Waals surface area contributed by atoms with Gasteiger partial charge in [0.15, 0.2) is 0 Å². The molecular weight excluding hydrogens is 292 g/mol. The van der Waals surface area contributed by atoms with E-state index in [4.69, 9.17) is 0 Å². The predicted octanol–water partition coefficient (Wildman–Crippen LogP) is 2.63. The van der Waals surface area contributed by atoms with E-state index in [-0.39, 0.29) is 5.91 Å². The van der Waals surface area contributed by atoms with Crippen LogP contribution in [0.2, 0.25) is 0 Å². The molecule has 22 heavy (non-hydrogen) atoms. The Morgan fingerprint density at radius 1 is 1.23 bits per heavy atom. The zero-order valence-corrected chi connectivity index (χ0v) is 13.6. The highest BCUT2D eigenvalue weighted by Gasteiger charge is 2.19. The van der Waals surface area contributed by atoms with Gasteiger partial charge in [0.2, 0.25) is 5.91 Å². The molecule has 0 saturated heterocycles. The van der Waals surface area contributed by atoms with Crippen molar-refractivity contribution in [1.82, 2.24) is 9.29 Å². The first-order valence-electron chi connectivity index (χ1n) is 7.35. The van der Waals surface area contributed by atoms with Crippen LogP contribution in [-0.4, -0.2) is 15.2 Å². The molecule has 2 aromatic rings. The third-order valence-corrected chi connectivity index (χ3v) is 4.75. The number of aromatic nitrogens is 1. The third-order valence-electron chi connectivity index (χ3n) is 3.61. The summed E-state index contributed by atoms with van der Waals surface area (Å²) in [5, 5.41) is 2.03. The molecule has 1 aromatic heterocycles. The Labute approximate surface area is 134 Å². The second-order valence-electron chi connectivity index (χ2n) is 5.35. The van der Waals surface area contributed by atoms with Crippen LogP contribution in [0.15, 0.2) is 47.5 Å². The summed E-state index contributed by atoms with van der Waals surface area (Å²) in [6.45, 7) is 3.66. The molecule has 1 aliphatic carbocycles. The maximum absolute atomic E-state index is 12.2. The molecule has 0 aliphatic heterocycles. The predicted molar refractivity (Wildman–Crippen MR) is 90.2 cm³/mol. The topological polar surface area (TPSA) is 33.2 Å². The molecule has 3 nitrogen and oxygen atoms in total. The molecule has 0 fully saturated rings. The van der Waals surface area contributed by atoms with Crippen molar-refractivity contribution in [2.45, 2.75) is 31.6 Å². The third kappa shape index (κ3) is 3.07. The normalized spacial score (nSPS) is 13.3. The Bertz CT molecular complexity index is 812. The number of nitrogens with zero attached hydrogens (tertiary/aromatic N) is 2. The number of rotatable bonds is 3. The van der Waals surface area contributed by atoms with Crippen molar-refractivity contribution in [2.75, 3.05) is 0 Å². The fraction of sp³-hybridized carbons (Fsp3) is 0.222. The number of benzene rings is 1. The van der Waals surface area contributed by atoms with Crippen LogP contribution < -0.4 is 10.6 Å². The van der Waals surface area contributed by atoms with Gasteiger partial charge >= 0.3 is 0 Å². The van der Waals surface area contributed by atoms with Crippen LogP contribution in [0.3, 0.4) is 0 Å². The van der Waals surface area contributed by atoms with E-state index in [1.165, 1.54) is 17.5 Å². The lowest BCUT2D eigenvalue weighted by Crippen LogP contribution is -2.38. The number of hydrogen-bond acceptors (Lipinski definition) is 3. The number of aryl methyl sites for hydroxylation is 1. The molecule has 0 bridgehead atoms. The van der Waals surface area contributed by atoms with Crippen molar-refractivity contribution in [3.8, 4) is 0 Å². The molecule has 1 aromatic carbocycles. The molecule has 0 saturated carbocycles. The molecule has 4 heteroatoms. The van der Waals surface area contributed by atoms with Crippen LogP contribution >= 0.6 is 11.9 Å². The second-order valence-corrected chi connectivity index (χ2v) is 6.37. The summed E-state index contributed by atoms with van der Waals surface area (Å²) >= 11 is 1.47. The Morgan fingerprint density at radius 3 is 2.73 bits per heavy atom. The Hall–Kier alpha value is -2.07. The molecule has 3 rings (SSSR count). The largest absolute Gasteiger partial charge is 0.274 e. The maximum Gasteiger partial charge on any atom is 0.234 e. The minimum absolute atomic E-state index is 0.0269. The number of hydrogen-bond donors (Lipinski definition) is 0. The van der Waals surface area contributed by atoms with Gasteiger partial charge in [-0.05, 0) is 55.1 Å². The minimum Gasteiger partial charge on any atom is -0.274 e. The summed E-state index contributed by atoms with van der Waals surface area (Å²) in [6.07, 6.45) is 5.74. The Kier molecular flexibility index (Phi) is 4.29. The van der Waals surface area contributed by atoms with E-state index in [1.807, 2.05) is 18.2 Å². The molecule has 0 radical (unpaired) electrons. The fourth-order valence-corrected chi connectivity index (χ4v) is 3.40. The Balaban J connectivity index is 2.04. The first-order valence-corrected chi connectivity index (χ1v) is 8.12. The van der Waals surface area contributed by atoms with Gasteiger partial charge in [0.1, 0.15) is 0 Å². The molecule has 0 unspecified atom stereocenters. The number of carbonyl (C=O) groups is 1. The highest BCUT2D eigenvalue weighted by molar-refractivity contribution is 7.97. The number of carbonyl (C=O) groups excluding carboxylic acids is 1. The lowest BCUT2D eigenvalue weighted by molar-refractivity contribution is -0.121. The average Bonchev–Trinajstić information content (AvgIpc) is 2.54. The molecule has 0 atom stereocenters. The first kappa shape index (κ1) is 14.9. The molecule has 0 N–H and O–H groups in total. The summed E-state index contributed by atoms with van der Waals surface area (Å²) in [5.41, 5.74) is 2.21. The van der Waals surface area contributed by atoms with Crippen molar-refractivity contribution in [3.63, 3.8) is 0 Å². The lowest BCUT2D eigenvalue weighted by atomic mass is 10.1. The fourth-order valence-electron chi connectivity index (χ4n) is 2.52. The van der Waals surface area contributed by atoms with Crippen LogP contribution in [0.4, 0.5) is 0 Å². The van der Waals surface area contributed by atoms with Crippen LogP contribution in [0.1, 0.15) is 25.3 Å². The van der Waals surface area contributed by atoms with Crippen molar-refractivity contribution in [1.29, 1.82) is 0 Å². The van der Waals surface area contributed by atoms with Crippen LogP contribution in [0.25, 0.3) is 11.8 Å². The van der Waals surface area contributed by atoms with Crippen molar-refractivity contribution < 1.29 is 4.79 Å². The summed E-state index contributed by atoms with van der Waals surface area (Å²) in [5.74, 6) is 0.0269. The molecule has 112 valence electrons. The second kappa shape index (κ2) is 6.36. The molecule has 1 aliphatic rings. The molecular formula is C18H18N2OS. The van der Waals surface area contributed by atoms with E-state index in [0.717, 1.165) is 34.0 Å². The SMILES string of the molecule is CC(=O)N(Sc1ccc(C)cc1)C1=c2ncccc2=CCC1. The van der Waals surface area contributed by atoms with Crippen molar-refractivity contribution in [2.24, 2.45) is 0 Å². The van der Waals surface area contributed by atoms with Crippen molar-refractivity contribution in [3.05, 3.63) is 58.7 Å². The van der Waals surface area contributed by atoms with Gasteiger partial charge in [0.05, 0.1) is 11.0 Å². The van der Waals surface area contributed by atoms with Gasteiger partial charge in [0.25, 0.3) is 0 Å². The van der Waals surface area contributed by atoms with Gasteiger partial charge in [-0.1, -0.05) is 29.8 Å². The lowest BCUT2D eigenvalue weighted by Gasteiger charge is -2.24. The van der Waals surface area contributed by atoms with Gasteiger partial charge in [0, 0.05) is 18.0 Å². The number of amides is 1. The van der Waals surface area contributed by atoms with E-state index in [9.17, 15) is 4.79 Å². The average molecular weight is 310 g/mol. The molecule has 1 amide bonds. The number of fused-ring (bicyclic) bond motifs is 1. The highest BCUT2D eigenvalue weighted by Crippen LogP contribution is 2.29. The smallest absolute Gasteiger partial charge is 0.234 e. The van der Waals surface area contributed by atoms with Gasteiger partial charge in [-0.25, -0.2) is 0 Å². The summed E-state index contributed by atoms with van der Waals surface area (Å²) in [6, 6.07) is 12.2. The first-order chi connectivity index (χ1) is 10.6. The Morgan fingerprint density at radius 2 is 2.00 bits per heavy atom. The maximum atomic E-state index is 12.2. The van der Waals surface area contributed by atoms with E-state index >= 15 is 0 Å². The van der Waals surface area contributed by atoms with Gasteiger partial charge in [-0.3, -0.25) is 14.1 Å². The van der Waals surface area contributed by atoms with Crippen LogP contribution in [-0.2, 0) is 4.79 Å².